The van der Waals surface area contributed by atoms with Crippen molar-refractivity contribution in [2.75, 3.05) is 47.7 Å². The number of rotatable bonds is 28. The number of nitrogens with one attached hydrogen (secondary N) is 2. The van der Waals surface area contributed by atoms with Crippen molar-refractivity contribution in [3.63, 3.8) is 0 Å². The smallest absolute Gasteiger partial charge is 0.326 e. The van der Waals surface area contributed by atoms with Crippen LogP contribution < -0.4 is 10.6 Å². The van der Waals surface area contributed by atoms with Crippen LogP contribution in [0.4, 0.5) is 0 Å². The minimum Gasteiger partial charge on any atom is -0.480 e. The number of carboxylic acid groups (broad SMARTS) is 1. The number of amides is 7. The average Bonchev–Trinajstić information content (AvgIpc) is 3.90. The summed E-state index contributed by atoms with van der Waals surface area (Å²) < 4.78 is 11.9. The molecule has 0 bridgehead atoms. The summed E-state index contributed by atoms with van der Waals surface area (Å²) in [7, 11) is 6.23. The Balaban J connectivity index is 1.70. The molecule has 0 spiro atoms. The van der Waals surface area contributed by atoms with Gasteiger partial charge in [0.25, 0.3) is 0 Å². The zero-order valence-corrected chi connectivity index (χ0v) is 43.3. The third-order valence-electron chi connectivity index (χ3n) is 13.9. The van der Waals surface area contributed by atoms with Crippen LogP contribution in [-0.4, -0.2) is 167 Å². The van der Waals surface area contributed by atoms with Crippen LogP contribution >= 0.6 is 11.8 Å². The number of methoxy groups -OCH3 is 2. The molecule has 3 rings (SSSR count). The number of aliphatic carboxylic acids is 1. The summed E-state index contributed by atoms with van der Waals surface area (Å²) >= 11 is 1.37. The number of imide groups is 1. The van der Waals surface area contributed by atoms with E-state index in [9.17, 15) is 43.5 Å². The van der Waals surface area contributed by atoms with Gasteiger partial charge in [0.15, 0.2) is 0 Å². The first-order chi connectivity index (χ1) is 32.1. The number of hydrogen-bond donors (Lipinski definition) is 3. The van der Waals surface area contributed by atoms with Crippen LogP contribution in [-0.2, 0) is 54.3 Å². The van der Waals surface area contributed by atoms with Crippen LogP contribution in [0.25, 0.3) is 0 Å². The highest BCUT2D eigenvalue weighted by Gasteiger charge is 2.44. The van der Waals surface area contributed by atoms with E-state index in [-0.39, 0.29) is 78.2 Å². The molecule has 0 aliphatic carbocycles. The van der Waals surface area contributed by atoms with Crippen LogP contribution in [0.3, 0.4) is 0 Å². The van der Waals surface area contributed by atoms with Crippen molar-refractivity contribution in [1.29, 1.82) is 0 Å². The SMILES string of the molecule is CC[C@H](C)[C@@H]([C@@H](CC(=O)N1CCC[C@H]1[C@H](OC)[C@@H](C)C(=O)N[C@@H](Cc1ccccc1)C(=O)O)OC)N(C)C(=O)[C@@H](NC(=O)[C@H](C(C)C)N(C)C(=O)CCCCCN1C(=O)CC(SC)C1=O)C(C)C. The molecule has 18 heteroatoms. The number of hydrogen-bond acceptors (Lipinski definition) is 11. The second kappa shape index (κ2) is 27.6. The van der Waals surface area contributed by atoms with Crippen LogP contribution in [0.2, 0.25) is 0 Å². The molecule has 1 aromatic carbocycles. The number of likely N-dealkylation sites (N-methyl/N-ethyl adjacent to an activating group) is 2. The van der Waals surface area contributed by atoms with Crippen molar-refractivity contribution < 1.29 is 52.9 Å². The van der Waals surface area contributed by atoms with Gasteiger partial charge < -0.3 is 39.9 Å². The maximum Gasteiger partial charge on any atom is 0.326 e. The molecular weight excluding hydrogens is 893 g/mol. The summed E-state index contributed by atoms with van der Waals surface area (Å²) in [4.78, 5) is 113. The van der Waals surface area contributed by atoms with E-state index < -0.39 is 66.1 Å². The fourth-order valence-corrected chi connectivity index (χ4v) is 10.3. The van der Waals surface area contributed by atoms with E-state index in [1.54, 1.807) is 55.1 Å². The number of unbranched alkanes of at least 4 members (excludes halogenated alkanes) is 2. The number of ether oxygens (including phenoxy) is 2. The predicted molar refractivity (Wildman–Crippen MR) is 261 cm³/mol. The van der Waals surface area contributed by atoms with E-state index in [0.717, 1.165) is 5.56 Å². The number of carboxylic acids is 1. The Morgan fingerprint density at radius 3 is 2.09 bits per heavy atom. The molecule has 2 heterocycles. The molecule has 2 aliphatic heterocycles. The minimum atomic E-state index is -1.16. The first-order valence-corrected chi connectivity index (χ1v) is 25.6. The van der Waals surface area contributed by atoms with E-state index >= 15 is 0 Å². The molecule has 7 amide bonds. The lowest BCUT2D eigenvalue weighted by molar-refractivity contribution is -0.149. The Bertz CT molecular complexity index is 1870. The zero-order chi connectivity index (χ0) is 51.0. The highest BCUT2D eigenvalue weighted by Crippen LogP contribution is 2.30. The van der Waals surface area contributed by atoms with E-state index in [2.05, 4.69) is 10.6 Å². The van der Waals surface area contributed by atoms with Crippen molar-refractivity contribution in [3.8, 4) is 0 Å². The monoisotopic (exact) mass is 973 g/mol. The average molecular weight is 973 g/mol. The fraction of sp³-hybridized carbons (Fsp3) is 0.720. The van der Waals surface area contributed by atoms with Gasteiger partial charge in [0.1, 0.15) is 18.1 Å². The largest absolute Gasteiger partial charge is 0.480 e. The Kier molecular flexibility index (Phi) is 23.4. The van der Waals surface area contributed by atoms with Gasteiger partial charge in [-0.1, -0.05) is 91.6 Å². The Labute approximate surface area is 408 Å². The van der Waals surface area contributed by atoms with Crippen LogP contribution in [0.5, 0.6) is 0 Å². The lowest BCUT2D eigenvalue weighted by atomic mass is 9.89. The molecule has 1 unspecified atom stereocenters. The van der Waals surface area contributed by atoms with Crippen molar-refractivity contribution in [1.82, 2.24) is 30.2 Å². The molecule has 1 aromatic rings. The topological polar surface area (TPSA) is 212 Å². The highest BCUT2D eigenvalue weighted by molar-refractivity contribution is 8.00. The van der Waals surface area contributed by atoms with Gasteiger partial charge in [-0.3, -0.25) is 38.5 Å². The van der Waals surface area contributed by atoms with Crippen molar-refractivity contribution in [2.45, 2.75) is 160 Å². The first kappa shape index (κ1) is 57.8. The number of benzene rings is 1. The normalized spacial score (nSPS) is 19.8. The molecule has 3 N–H and O–H groups in total. The number of carbonyl (C=O) groups is 8. The third kappa shape index (κ3) is 15.2. The lowest BCUT2D eigenvalue weighted by Crippen LogP contribution is -2.60. The molecule has 10 atom stereocenters. The van der Waals surface area contributed by atoms with Crippen LogP contribution in [0.15, 0.2) is 30.3 Å². The van der Waals surface area contributed by atoms with Gasteiger partial charge in [-0.25, -0.2) is 4.79 Å². The Morgan fingerprint density at radius 2 is 1.54 bits per heavy atom. The third-order valence-corrected chi connectivity index (χ3v) is 14.8. The zero-order valence-electron chi connectivity index (χ0n) is 42.5. The van der Waals surface area contributed by atoms with Crippen molar-refractivity contribution in [2.24, 2.45) is 23.7 Å². The Morgan fingerprint density at radius 1 is 0.882 bits per heavy atom. The second-order valence-corrected chi connectivity index (χ2v) is 20.3. The highest BCUT2D eigenvalue weighted by atomic mass is 32.2. The van der Waals surface area contributed by atoms with Crippen LogP contribution in [0.1, 0.15) is 112 Å². The summed E-state index contributed by atoms with van der Waals surface area (Å²) in [6.45, 7) is 13.7. The van der Waals surface area contributed by atoms with E-state index in [4.69, 9.17) is 9.47 Å². The van der Waals surface area contributed by atoms with E-state index in [1.165, 1.54) is 35.8 Å². The summed E-state index contributed by atoms with van der Waals surface area (Å²) in [5.41, 5.74) is 0.763. The molecule has 0 saturated carbocycles. The quantitative estimate of drug-likeness (QED) is 0.0789. The van der Waals surface area contributed by atoms with Crippen molar-refractivity contribution in [3.05, 3.63) is 35.9 Å². The van der Waals surface area contributed by atoms with E-state index in [0.29, 0.717) is 51.6 Å². The predicted octanol–water partition coefficient (Wildman–Crippen LogP) is 4.39. The molecule has 2 fully saturated rings. The second-order valence-electron chi connectivity index (χ2n) is 19.2. The molecule has 0 aromatic heterocycles. The van der Waals surface area contributed by atoms with Gasteiger partial charge in [0.2, 0.25) is 41.4 Å². The Hall–Kier alpha value is -4.55. The van der Waals surface area contributed by atoms with Gasteiger partial charge in [-0.15, -0.1) is 0 Å². The molecule has 382 valence electrons. The lowest BCUT2D eigenvalue weighted by Gasteiger charge is -2.41. The maximum atomic E-state index is 14.6. The molecule has 17 nitrogen and oxygen atoms in total. The van der Waals surface area contributed by atoms with Gasteiger partial charge in [0, 0.05) is 60.7 Å². The molecule has 2 aliphatic rings. The summed E-state index contributed by atoms with van der Waals surface area (Å²) in [5.74, 6) is -4.86. The number of thioether (sulfide) groups is 1. The maximum absolute atomic E-state index is 14.6. The molecular formula is C50H80N6O11S. The number of nitrogens with zero attached hydrogens (tertiary/aromatic N) is 4. The molecule has 68 heavy (non-hydrogen) atoms. The van der Waals surface area contributed by atoms with Crippen molar-refractivity contribution >= 4 is 59.1 Å². The first-order valence-electron chi connectivity index (χ1n) is 24.3. The van der Waals surface area contributed by atoms with Gasteiger partial charge in [0.05, 0.1) is 41.9 Å². The van der Waals surface area contributed by atoms with E-state index in [1.807, 2.05) is 53.9 Å². The summed E-state index contributed by atoms with van der Waals surface area (Å²) in [6.07, 6.45) is 4.34. The summed E-state index contributed by atoms with van der Waals surface area (Å²) in [5, 5.41) is 15.3. The number of carbonyl (C=O) groups excluding carboxylic acids is 7. The van der Waals surface area contributed by atoms with Crippen LogP contribution in [0, 0.1) is 23.7 Å². The minimum absolute atomic E-state index is 0.0805. The molecule has 0 radical (unpaired) electrons. The van der Waals surface area contributed by atoms with Gasteiger partial charge >= 0.3 is 5.97 Å². The molecule has 2 saturated heterocycles. The van der Waals surface area contributed by atoms with Gasteiger partial charge in [-0.2, -0.15) is 11.8 Å². The fourth-order valence-electron chi connectivity index (χ4n) is 9.68. The van der Waals surface area contributed by atoms with Gasteiger partial charge in [-0.05, 0) is 55.3 Å². The standard InChI is InChI=1S/C50H80N6O11S/c1-13-32(6)44(37(66-10)28-40(58)55-26-20-23-36(55)45(67-11)33(7)46(60)51-35(50(64)65)27-34-21-16-14-17-22-34)54(9)49(63)42(30(2)3)52-47(61)43(31(4)5)53(8)39(57)24-18-15-19-25-56-41(59)29-38(68-12)48(56)62/h14,16-17,21-22,30-33,35-38,42-45H,13,15,18-20,23-29H2,1-12H3,(H,51,60)(H,52,61)(H,64,65)/t32-,33+,35-,36-,37+,38?,42-,43-,44-,45+/m0/s1. The summed E-state index contributed by atoms with van der Waals surface area (Å²) in [6, 6.07) is 4.98. The number of likely N-dealkylation sites (tertiary alicyclic amines) is 2.